The van der Waals surface area contributed by atoms with Gasteiger partial charge in [-0.1, -0.05) is 17.7 Å². The Morgan fingerprint density at radius 1 is 1.35 bits per heavy atom. The summed E-state index contributed by atoms with van der Waals surface area (Å²) in [6.45, 7) is 4.51. The van der Waals surface area contributed by atoms with Gasteiger partial charge in [0.05, 0.1) is 10.2 Å². The third-order valence-electron chi connectivity index (χ3n) is 1.78. The van der Waals surface area contributed by atoms with Gasteiger partial charge in [-0.25, -0.2) is 0 Å². The molecule has 0 saturated carbocycles. The second-order valence-corrected chi connectivity index (χ2v) is 4.93. The molecule has 0 radical (unpaired) electrons. The molecular formula is C9H12N4O3S. The number of nitrogens with zero attached hydrogens (tertiary/aromatic N) is 4. The van der Waals surface area contributed by atoms with Gasteiger partial charge >= 0.3 is 0 Å². The number of sulfonamides is 1. The Kier molecular flexibility index (Phi) is 5.73. The molecule has 0 fully saturated rings. The van der Waals surface area contributed by atoms with Crippen molar-refractivity contribution in [3.63, 3.8) is 0 Å². The summed E-state index contributed by atoms with van der Waals surface area (Å²) in [5.74, 6) is 0. The third kappa shape index (κ3) is 4.13. The first kappa shape index (κ1) is 14.9. The van der Waals surface area contributed by atoms with Gasteiger partial charge in [-0.15, -0.1) is 4.91 Å². The lowest BCUT2D eigenvalue weighted by molar-refractivity contribution is 0.0110. The Balaban J connectivity index is 0.000000770. The largest absolute Gasteiger partial charge is 0.362 e. The van der Waals surface area contributed by atoms with E-state index in [-0.39, 0.29) is 4.90 Å². The van der Waals surface area contributed by atoms with E-state index >= 15 is 0 Å². The third-order valence-corrected chi connectivity index (χ3v) is 3.41. The van der Waals surface area contributed by atoms with Crippen molar-refractivity contribution in [3.8, 4) is 0 Å². The van der Waals surface area contributed by atoms with E-state index in [0.29, 0.717) is 4.41 Å². The van der Waals surface area contributed by atoms with Gasteiger partial charge in [0.1, 0.15) is 0 Å². The lowest BCUT2D eigenvalue weighted by Crippen LogP contribution is -2.20. The van der Waals surface area contributed by atoms with Crippen LogP contribution in [0.2, 0.25) is 0 Å². The monoisotopic (exact) mass is 256 g/mol. The second kappa shape index (κ2) is 6.51. The van der Waals surface area contributed by atoms with Crippen molar-refractivity contribution in [1.29, 1.82) is 0 Å². The number of rotatable bonds is 3. The number of nitroso groups, excluding NO2 is 1. The van der Waals surface area contributed by atoms with Crippen LogP contribution in [0.5, 0.6) is 0 Å². The topological polar surface area (TPSA) is 103 Å². The molecule has 7 nitrogen and oxygen atoms in total. The highest BCUT2D eigenvalue weighted by Crippen LogP contribution is 2.14. The first-order valence-corrected chi connectivity index (χ1v) is 5.83. The van der Waals surface area contributed by atoms with Crippen molar-refractivity contribution < 1.29 is 13.2 Å². The van der Waals surface area contributed by atoms with Gasteiger partial charge in [0.2, 0.25) is 6.72 Å². The molecule has 0 spiro atoms. The lowest BCUT2D eigenvalue weighted by atomic mass is 10.2. The van der Waals surface area contributed by atoms with Gasteiger partial charge in [0, 0.05) is 7.05 Å². The van der Waals surface area contributed by atoms with Crippen LogP contribution in [0.3, 0.4) is 0 Å². The van der Waals surface area contributed by atoms with Crippen molar-refractivity contribution in [1.82, 2.24) is 4.41 Å². The highest BCUT2D eigenvalue weighted by atomic mass is 32.2. The van der Waals surface area contributed by atoms with E-state index in [4.69, 9.17) is 5.53 Å². The molecule has 0 N–H and O–H groups in total. The summed E-state index contributed by atoms with van der Waals surface area (Å²) in [5.41, 5.74) is 8.03. The highest BCUT2D eigenvalue weighted by molar-refractivity contribution is 7.89. The standard InChI is InChI=1S/C8H10N2O3S.CH2N2/c1-7-3-5-8(6-4-7)14(12,13)10(2)9-11;1-3-2/h3-6H,1-2H3;1H2. The average Bonchev–Trinajstić information content (AvgIpc) is 2.29. The van der Waals surface area contributed by atoms with E-state index in [9.17, 15) is 13.3 Å². The minimum Gasteiger partial charge on any atom is -0.362 e. The van der Waals surface area contributed by atoms with E-state index in [2.05, 4.69) is 16.8 Å². The van der Waals surface area contributed by atoms with Crippen molar-refractivity contribution >= 4 is 16.7 Å². The molecule has 0 aromatic heterocycles. The van der Waals surface area contributed by atoms with E-state index in [1.807, 2.05) is 6.92 Å². The summed E-state index contributed by atoms with van der Waals surface area (Å²) in [7, 11) is -2.65. The molecule has 1 aromatic carbocycles. The van der Waals surface area contributed by atoms with Gasteiger partial charge in [0.15, 0.2) is 0 Å². The lowest BCUT2D eigenvalue weighted by Gasteiger charge is -2.09. The molecule has 0 bridgehead atoms. The van der Waals surface area contributed by atoms with Gasteiger partial charge in [-0.2, -0.15) is 17.6 Å². The smallest absolute Gasteiger partial charge is 0.281 e. The molecule has 8 heteroatoms. The van der Waals surface area contributed by atoms with Crippen molar-refractivity contribution in [3.05, 3.63) is 40.3 Å². The summed E-state index contributed by atoms with van der Waals surface area (Å²) >= 11 is 0. The van der Waals surface area contributed by atoms with Crippen LogP contribution >= 0.6 is 0 Å². The van der Waals surface area contributed by atoms with Crippen molar-refractivity contribution in [2.45, 2.75) is 11.8 Å². The summed E-state index contributed by atoms with van der Waals surface area (Å²) in [6.07, 6.45) is 0. The molecule has 1 aromatic rings. The van der Waals surface area contributed by atoms with Crippen LogP contribution in [0.15, 0.2) is 34.4 Å². The Bertz CT molecular complexity index is 504. The van der Waals surface area contributed by atoms with Gasteiger partial charge in [-0.05, 0) is 19.1 Å². The van der Waals surface area contributed by atoms with Crippen LogP contribution < -0.4 is 0 Å². The molecular weight excluding hydrogens is 244 g/mol. The van der Waals surface area contributed by atoms with Gasteiger partial charge < -0.3 is 5.53 Å². The molecule has 0 unspecified atom stereocenters. The van der Waals surface area contributed by atoms with Gasteiger partial charge in [-0.3, -0.25) is 0 Å². The van der Waals surface area contributed by atoms with Crippen LogP contribution in [0.25, 0.3) is 5.53 Å². The fourth-order valence-electron chi connectivity index (χ4n) is 0.907. The molecule has 0 aliphatic rings. The SMILES string of the molecule is C=[N+]=[N-].Cc1ccc(S(=O)(=O)N(C)N=O)cc1. The van der Waals surface area contributed by atoms with Crippen LogP contribution in [0.1, 0.15) is 5.56 Å². The Morgan fingerprint density at radius 2 is 1.76 bits per heavy atom. The van der Waals surface area contributed by atoms with E-state index in [1.54, 1.807) is 12.1 Å². The fourth-order valence-corrected chi connectivity index (χ4v) is 1.78. The molecule has 92 valence electrons. The van der Waals surface area contributed by atoms with E-state index in [1.165, 1.54) is 12.1 Å². The average molecular weight is 256 g/mol. The number of hydrogen-bond donors (Lipinski definition) is 0. The summed E-state index contributed by atoms with van der Waals surface area (Å²) in [4.78, 5) is 12.4. The maximum atomic E-state index is 11.5. The zero-order valence-electron chi connectivity index (χ0n) is 9.44. The van der Waals surface area contributed by atoms with Gasteiger partial charge in [0.25, 0.3) is 10.0 Å². The maximum Gasteiger partial charge on any atom is 0.281 e. The molecule has 0 aliphatic heterocycles. The quantitative estimate of drug-likeness (QED) is 0.267. The molecule has 0 saturated heterocycles. The Labute approximate surface area is 99.3 Å². The fraction of sp³-hybridized carbons (Fsp3) is 0.222. The minimum atomic E-state index is -3.75. The van der Waals surface area contributed by atoms with Crippen LogP contribution in [-0.2, 0) is 10.0 Å². The molecule has 0 heterocycles. The van der Waals surface area contributed by atoms with Crippen LogP contribution in [0, 0.1) is 11.8 Å². The van der Waals surface area contributed by atoms with Crippen molar-refractivity contribution in [2.24, 2.45) is 5.29 Å². The molecule has 1 rings (SSSR count). The molecule has 17 heavy (non-hydrogen) atoms. The minimum absolute atomic E-state index is 0.0604. The summed E-state index contributed by atoms with van der Waals surface area (Å²) in [5, 5.41) is 2.35. The molecule has 0 amide bonds. The predicted octanol–water partition coefficient (Wildman–Crippen LogP) is 1.21. The number of aryl methyl sites for hydroxylation is 1. The Hall–Kier alpha value is -2.05. The molecule has 0 aliphatic carbocycles. The van der Waals surface area contributed by atoms with Crippen molar-refractivity contribution in [2.75, 3.05) is 7.05 Å². The van der Waals surface area contributed by atoms with Crippen LogP contribution in [0.4, 0.5) is 0 Å². The summed E-state index contributed by atoms with van der Waals surface area (Å²) < 4.78 is 23.4. The number of hydrogen-bond acceptors (Lipinski definition) is 4. The highest BCUT2D eigenvalue weighted by Gasteiger charge is 2.19. The first-order chi connectivity index (χ1) is 7.89. The first-order valence-electron chi connectivity index (χ1n) is 4.39. The normalized spacial score (nSPS) is 9.53. The maximum absolute atomic E-state index is 11.5. The number of benzene rings is 1. The van der Waals surface area contributed by atoms with E-state index in [0.717, 1.165) is 12.6 Å². The zero-order chi connectivity index (χ0) is 13.5. The second-order valence-electron chi connectivity index (χ2n) is 2.98. The predicted molar refractivity (Wildman–Crippen MR) is 62.7 cm³/mol. The van der Waals surface area contributed by atoms with Crippen LogP contribution in [-0.4, -0.2) is 31.4 Å². The summed E-state index contributed by atoms with van der Waals surface area (Å²) in [6, 6.07) is 6.19. The van der Waals surface area contributed by atoms with E-state index < -0.39 is 10.0 Å². The molecule has 0 atom stereocenters. The Morgan fingerprint density at radius 3 is 2.12 bits per heavy atom. The zero-order valence-corrected chi connectivity index (χ0v) is 10.3.